The van der Waals surface area contributed by atoms with E-state index in [9.17, 15) is 4.39 Å². The summed E-state index contributed by atoms with van der Waals surface area (Å²) in [7, 11) is 0. The summed E-state index contributed by atoms with van der Waals surface area (Å²) in [5.41, 5.74) is 6.79. The van der Waals surface area contributed by atoms with E-state index >= 15 is 0 Å². The standard InChI is InChI=1S/C11H7FN4/c12-9-3-1-7(2-4-9)10-8(5-13)6-15-11(14)16-10/h1-4,6H,(H2,14,15,16). The number of halogens is 1. The number of benzene rings is 1. The Morgan fingerprint density at radius 1 is 1.25 bits per heavy atom. The molecular formula is C11H7FN4. The molecule has 78 valence electrons. The maximum atomic E-state index is 12.7. The first-order valence-corrected chi connectivity index (χ1v) is 4.49. The van der Waals surface area contributed by atoms with Gasteiger partial charge in [-0.05, 0) is 24.3 Å². The molecule has 5 heteroatoms. The predicted molar refractivity (Wildman–Crippen MR) is 56.6 cm³/mol. The van der Waals surface area contributed by atoms with E-state index < -0.39 is 0 Å². The molecule has 0 spiro atoms. The minimum Gasteiger partial charge on any atom is -0.368 e. The van der Waals surface area contributed by atoms with Gasteiger partial charge in [-0.15, -0.1) is 0 Å². The monoisotopic (exact) mass is 214 g/mol. The van der Waals surface area contributed by atoms with Gasteiger partial charge in [-0.2, -0.15) is 5.26 Å². The first-order valence-electron chi connectivity index (χ1n) is 4.49. The summed E-state index contributed by atoms with van der Waals surface area (Å²) in [6.45, 7) is 0. The van der Waals surface area contributed by atoms with E-state index in [-0.39, 0.29) is 11.8 Å². The summed E-state index contributed by atoms with van der Waals surface area (Å²) in [5, 5.41) is 8.88. The number of nitriles is 1. The number of nitrogen functional groups attached to an aromatic ring is 1. The van der Waals surface area contributed by atoms with Gasteiger partial charge in [-0.1, -0.05) is 0 Å². The van der Waals surface area contributed by atoms with E-state index in [1.165, 1.54) is 30.5 Å². The topological polar surface area (TPSA) is 75.6 Å². The van der Waals surface area contributed by atoms with Gasteiger partial charge in [0, 0.05) is 5.56 Å². The minimum absolute atomic E-state index is 0.0818. The van der Waals surface area contributed by atoms with E-state index in [1.807, 2.05) is 6.07 Å². The van der Waals surface area contributed by atoms with Gasteiger partial charge in [0.25, 0.3) is 0 Å². The van der Waals surface area contributed by atoms with Crippen molar-refractivity contribution < 1.29 is 4.39 Å². The lowest BCUT2D eigenvalue weighted by atomic mass is 10.1. The van der Waals surface area contributed by atoms with Gasteiger partial charge in [0.2, 0.25) is 5.95 Å². The minimum atomic E-state index is -0.343. The van der Waals surface area contributed by atoms with E-state index in [1.54, 1.807) is 0 Å². The Bertz CT molecular complexity index is 557. The lowest BCUT2D eigenvalue weighted by Crippen LogP contribution is -1.98. The number of rotatable bonds is 1. The first kappa shape index (κ1) is 10.1. The average molecular weight is 214 g/mol. The van der Waals surface area contributed by atoms with E-state index in [4.69, 9.17) is 11.0 Å². The molecule has 0 saturated carbocycles. The summed E-state index contributed by atoms with van der Waals surface area (Å²) in [4.78, 5) is 7.69. The van der Waals surface area contributed by atoms with Crippen LogP contribution in [0.4, 0.5) is 10.3 Å². The smallest absolute Gasteiger partial charge is 0.220 e. The van der Waals surface area contributed by atoms with E-state index in [2.05, 4.69) is 9.97 Å². The van der Waals surface area contributed by atoms with Gasteiger partial charge in [0.1, 0.15) is 11.9 Å². The quantitative estimate of drug-likeness (QED) is 0.784. The van der Waals surface area contributed by atoms with Gasteiger partial charge in [0.05, 0.1) is 17.5 Å². The highest BCUT2D eigenvalue weighted by atomic mass is 19.1. The van der Waals surface area contributed by atoms with Crippen LogP contribution in [0.25, 0.3) is 11.3 Å². The van der Waals surface area contributed by atoms with Gasteiger partial charge in [-0.3, -0.25) is 0 Å². The van der Waals surface area contributed by atoms with Gasteiger partial charge < -0.3 is 5.73 Å². The molecule has 0 atom stereocenters. The molecule has 0 bridgehead atoms. The van der Waals surface area contributed by atoms with Crippen molar-refractivity contribution in [3.05, 3.63) is 41.8 Å². The molecule has 0 fully saturated rings. The van der Waals surface area contributed by atoms with Crippen LogP contribution in [0.3, 0.4) is 0 Å². The summed E-state index contributed by atoms with van der Waals surface area (Å²) in [5.74, 6) is -0.261. The highest BCUT2D eigenvalue weighted by Crippen LogP contribution is 2.21. The highest BCUT2D eigenvalue weighted by Gasteiger charge is 2.07. The van der Waals surface area contributed by atoms with Crippen LogP contribution in [-0.2, 0) is 0 Å². The zero-order valence-corrected chi connectivity index (χ0v) is 8.18. The maximum absolute atomic E-state index is 12.7. The van der Waals surface area contributed by atoms with Crippen molar-refractivity contribution >= 4 is 5.95 Å². The van der Waals surface area contributed by atoms with Crippen molar-refractivity contribution in [3.63, 3.8) is 0 Å². The lowest BCUT2D eigenvalue weighted by Gasteiger charge is -2.03. The lowest BCUT2D eigenvalue weighted by molar-refractivity contribution is 0.628. The molecule has 0 aliphatic rings. The number of nitrogens with two attached hydrogens (primary N) is 1. The molecule has 0 amide bonds. The van der Waals surface area contributed by atoms with Crippen LogP contribution in [0.5, 0.6) is 0 Å². The zero-order valence-electron chi connectivity index (χ0n) is 8.18. The third kappa shape index (κ3) is 1.81. The largest absolute Gasteiger partial charge is 0.368 e. The zero-order chi connectivity index (χ0) is 11.5. The van der Waals surface area contributed by atoms with Crippen molar-refractivity contribution in [1.29, 1.82) is 5.26 Å². The molecule has 4 nitrogen and oxygen atoms in total. The SMILES string of the molecule is N#Cc1cnc(N)nc1-c1ccc(F)cc1. The van der Waals surface area contributed by atoms with Crippen molar-refractivity contribution in [2.45, 2.75) is 0 Å². The maximum Gasteiger partial charge on any atom is 0.220 e. The Morgan fingerprint density at radius 2 is 1.94 bits per heavy atom. The average Bonchev–Trinajstić information content (AvgIpc) is 2.30. The molecule has 1 aromatic carbocycles. The van der Waals surface area contributed by atoms with Crippen LogP contribution in [0.15, 0.2) is 30.5 Å². The molecule has 0 unspecified atom stereocenters. The van der Waals surface area contributed by atoms with Crippen LogP contribution < -0.4 is 5.73 Å². The van der Waals surface area contributed by atoms with Gasteiger partial charge in [-0.25, -0.2) is 14.4 Å². The first-order chi connectivity index (χ1) is 7.70. The highest BCUT2D eigenvalue weighted by molar-refractivity contribution is 5.66. The van der Waals surface area contributed by atoms with E-state index in [0.29, 0.717) is 16.8 Å². The van der Waals surface area contributed by atoms with E-state index in [0.717, 1.165) is 0 Å². The summed E-state index contributed by atoms with van der Waals surface area (Å²) >= 11 is 0. The van der Waals surface area contributed by atoms with Gasteiger partial charge in [0.15, 0.2) is 0 Å². The molecule has 1 aromatic heterocycles. The fourth-order valence-electron chi connectivity index (χ4n) is 1.31. The molecule has 1 heterocycles. The molecule has 0 aliphatic heterocycles. The molecular weight excluding hydrogens is 207 g/mol. The van der Waals surface area contributed by atoms with Crippen molar-refractivity contribution in [2.24, 2.45) is 0 Å². The molecule has 0 saturated heterocycles. The van der Waals surface area contributed by atoms with Crippen molar-refractivity contribution in [2.75, 3.05) is 5.73 Å². The molecule has 16 heavy (non-hydrogen) atoms. The van der Waals surface area contributed by atoms with Crippen molar-refractivity contribution in [1.82, 2.24) is 9.97 Å². The molecule has 0 aliphatic carbocycles. The fraction of sp³-hybridized carbons (Fsp3) is 0. The Morgan fingerprint density at radius 3 is 2.56 bits per heavy atom. The molecule has 0 radical (unpaired) electrons. The predicted octanol–water partition coefficient (Wildman–Crippen LogP) is 1.74. The molecule has 2 aromatic rings. The van der Waals surface area contributed by atoms with Crippen LogP contribution in [0.2, 0.25) is 0 Å². The molecule has 2 rings (SSSR count). The summed E-state index contributed by atoms with van der Waals surface area (Å²) in [6, 6.07) is 7.64. The van der Waals surface area contributed by atoms with Crippen LogP contribution in [0, 0.1) is 17.1 Å². The third-order valence-corrected chi connectivity index (χ3v) is 2.05. The summed E-state index contributed by atoms with van der Waals surface area (Å²) in [6.07, 6.45) is 1.35. The van der Waals surface area contributed by atoms with Crippen LogP contribution in [0.1, 0.15) is 5.56 Å². The Balaban J connectivity index is 2.59. The van der Waals surface area contributed by atoms with Crippen LogP contribution in [-0.4, -0.2) is 9.97 Å². The Labute approximate surface area is 91.2 Å². The third-order valence-electron chi connectivity index (χ3n) is 2.05. The second kappa shape index (κ2) is 3.95. The number of nitrogens with zero attached hydrogens (tertiary/aromatic N) is 3. The molecule has 2 N–H and O–H groups in total. The van der Waals surface area contributed by atoms with Gasteiger partial charge >= 0.3 is 0 Å². The fourth-order valence-corrected chi connectivity index (χ4v) is 1.31. The Kier molecular flexibility index (Phi) is 2.48. The normalized spacial score (nSPS) is 9.75. The second-order valence-electron chi connectivity index (χ2n) is 3.11. The second-order valence-corrected chi connectivity index (χ2v) is 3.11. The number of aromatic nitrogens is 2. The number of hydrogen-bond acceptors (Lipinski definition) is 4. The van der Waals surface area contributed by atoms with Crippen molar-refractivity contribution in [3.8, 4) is 17.3 Å². The number of hydrogen-bond donors (Lipinski definition) is 1. The Hall–Kier alpha value is -2.48. The summed E-state index contributed by atoms with van der Waals surface area (Å²) < 4.78 is 12.7. The number of anilines is 1. The van der Waals surface area contributed by atoms with Crippen LogP contribution >= 0.6 is 0 Å².